The first kappa shape index (κ1) is 19.8. The van der Waals surface area contributed by atoms with Crippen molar-refractivity contribution < 1.29 is 22.7 Å². The van der Waals surface area contributed by atoms with Crippen molar-refractivity contribution in [3.63, 3.8) is 0 Å². The van der Waals surface area contributed by atoms with E-state index in [1.807, 2.05) is 23.7 Å². The zero-order chi connectivity index (χ0) is 19.8. The molecule has 3 rings (SSSR count). The summed E-state index contributed by atoms with van der Waals surface area (Å²) in [6.07, 6.45) is 2.18. The van der Waals surface area contributed by atoms with Crippen LogP contribution < -0.4 is 14.3 Å². The number of ether oxygens (including phenoxy) is 2. The zero-order valence-corrected chi connectivity index (χ0v) is 17.4. The van der Waals surface area contributed by atoms with E-state index in [2.05, 4.69) is 4.99 Å². The molecule has 1 aromatic heterocycles. The highest BCUT2D eigenvalue weighted by atomic mass is 32.2. The van der Waals surface area contributed by atoms with Gasteiger partial charge in [-0.15, -0.1) is 0 Å². The average molecular weight is 414 g/mol. The lowest BCUT2D eigenvalue weighted by atomic mass is 9.98. The van der Waals surface area contributed by atoms with Crippen molar-refractivity contribution in [2.45, 2.75) is 12.8 Å². The summed E-state index contributed by atoms with van der Waals surface area (Å²) in [4.78, 5) is 17.5. The molecule has 2 aromatic rings. The summed E-state index contributed by atoms with van der Waals surface area (Å²) in [5.74, 6) is 0.781. The minimum atomic E-state index is -3.21. The molecule has 0 atom stereocenters. The minimum absolute atomic E-state index is 0.204. The van der Waals surface area contributed by atoms with Crippen molar-refractivity contribution in [2.75, 3.05) is 33.6 Å². The maximum atomic E-state index is 12.6. The molecule has 0 spiro atoms. The van der Waals surface area contributed by atoms with Crippen molar-refractivity contribution in [1.82, 2.24) is 8.87 Å². The Morgan fingerprint density at radius 3 is 2.33 bits per heavy atom. The summed E-state index contributed by atoms with van der Waals surface area (Å²) in [5.41, 5.74) is 0.899. The SMILES string of the molecule is COc1cc2sc(=NC(=O)C3CCN(S(C)(=O)=O)CC3)n(C)c2cc1OC. The van der Waals surface area contributed by atoms with Crippen LogP contribution in [-0.2, 0) is 21.9 Å². The number of carbonyl (C=O) groups excluding carboxylic acids is 1. The van der Waals surface area contributed by atoms with E-state index in [9.17, 15) is 13.2 Å². The highest BCUT2D eigenvalue weighted by Gasteiger charge is 2.28. The van der Waals surface area contributed by atoms with Crippen molar-refractivity contribution in [3.8, 4) is 11.5 Å². The topological polar surface area (TPSA) is 90.2 Å². The molecule has 1 fully saturated rings. The number of aryl methyl sites for hydroxylation is 1. The molecule has 0 N–H and O–H groups in total. The fourth-order valence-corrected chi connectivity index (χ4v) is 5.09. The molecule has 0 saturated carbocycles. The summed E-state index contributed by atoms with van der Waals surface area (Å²) in [6, 6.07) is 3.73. The lowest BCUT2D eigenvalue weighted by molar-refractivity contribution is -0.122. The lowest BCUT2D eigenvalue weighted by Crippen LogP contribution is -2.39. The highest BCUT2D eigenvalue weighted by molar-refractivity contribution is 7.88. The molecule has 10 heteroatoms. The number of benzene rings is 1. The summed E-state index contributed by atoms with van der Waals surface area (Å²) in [7, 11) is 1.80. The van der Waals surface area contributed by atoms with Crippen LogP contribution in [0.15, 0.2) is 17.1 Å². The van der Waals surface area contributed by atoms with Crippen LogP contribution in [-0.4, -0.2) is 56.8 Å². The molecule has 0 unspecified atom stereocenters. The van der Waals surface area contributed by atoms with E-state index in [1.54, 1.807) is 14.2 Å². The number of sulfonamides is 1. The number of piperidine rings is 1. The first-order chi connectivity index (χ1) is 12.7. The largest absolute Gasteiger partial charge is 0.493 e. The molecule has 1 aliphatic heterocycles. The molecular formula is C17H23N3O5S2. The molecule has 1 aromatic carbocycles. The number of fused-ring (bicyclic) bond motifs is 1. The van der Waals surface area contributed by atoms with Crippen LogP contribution in [0.25, 0.3) is 10.2 Å². The number of amides is 1. The Balaban J connectivity index is 1.88. The molecule has 0 radical (unpaired) electrons. The van der Waals surface area contributed by atoms with Gasteiger partial charge in [-0.2, -0.15) is 4.99 Å². The predicted molar refractivity (Wildman–Crippen MR) is 104 cm³/mol. The Morgan fingerprint density at radius 2 is 1.78 bits per heavy atom. The van der Waals surface area contributed by atoms with Crippen LogP contribution in [0.5, 0.6) is 11.5 Å². The third-order valence-electron chi connectivity index (χ3n) is 4.79. The van der Waals surface area contributed by atoms with E-state index in [0.717, 1.165) is 10.2 Å². The van der Waals surface area contributed by atoms with Gasteiger partial charge in [0.05, 0.1) is 30.7 Å². The molecule has 148 valence electrons. The van der Waals surface area contributed by atoms with Gasteiger partial charge in [0.25, 0.3) is 5.91 Å². The van der Waals surface area contributed by atoms with Crippen LogP contribution in [0.2, 0.25) is 0 Å². The maximum absolute atomic E-state index is 12.6. The third kappa shape index (κ3) is 4.02. The molecule has 27 heavy (non-hydrogen) atoms. The van der Waals surface area contributed by atoms with Gasteiger partial charge in [-0.05, 0) is 12.8 Å². The number of hydrogen-bond acceptors (Lipinski definition) is 6. The Labute approximate surface area is 162 Å². The second-order valence-corrected chi connectivity index (χ2v) is 9.50. The Kier molecular flexibility index (Phi) is 5.59. The number of rotatable bonds is 4. The predicted octanol–water partition coefficient (Wildman–Crippen LogP) is 1.36. The van der Waals surface area contributed by atoms with E-state index in [4.69, 9.17) is 9.47 Å². The highest BCUT2D eigenvalue weighted by Crippen LogP contribution is 2.33. The first-order valence-electron chi connectivity index (χ1n) is 8.50. The molecule has 0 bridgehead atoms. The zero-order valence-electron chi connectivity index (χ0n) is 15.8. The van der Waals surface area contributed by atoms with Crippen LogP contribution in [0.4, 0.5) is 0 Å². The van der Waals surface area contributed by atoms with Crippen molar-refractivity contribution in [2.24, 2.45) is 18.0 Å². The average Bonchev–Trinajstić information content (AvgIpc) is 2.94. The van der Waals surface area contributed by atoms with E-state index >= 15 is 0 Å². The maximum Gasteiger partial charge on any atom is 0.251 e. The van der Waals surface area contributed by atoms with Gasteiger partial charge in [0.15, 0.2) is 16.3 Å². The van der Waals surface area contributed by atoms with Crippen LogP contribution in [0.3, 0.4) is 0 Å². The third-order valence-corrected chi connectivity index (χ3v) is 7.19. The van der Waals surface area contributed by atoms with Crippen molar-refractivity contribution in [1.29, 1.82) is 0 Å². The van der Waals surface area contributed by atoms with Crippen LogP contribution >= 0.6 is 11.3 Å². The number of hydrogen-bond donors (Lipinski definition) is 0. The van der Waals surface area contributed by atoms with E-state index in [0.29, 0.717) is 42.2 Å². The standard InChI is InChI=1S/C17H23N3O5S2/c1-19-12-9-13(24-2)14(25-3)10-15(12)26-17(19)18-16(21)11-5-7-20(8-6-11)27(4,22)23/h9-11H,5-8H2,1-4H3. The summed E-state index contributed by atoms with van der Waals surface area (Å²) in [6.45, 7) is 0.718. The number of nitrogens with zero attached hydrogens (tertiary/aromatic N) is 3. The number of thiazole rings is 1. The number of aromatic nitrogens is 1. The number of methoxy groups -OCH3 is 2. The molecule has 1 saturated heterocycles. The molecular weight excluding hydrogens is 390 g/mol. The van der Waals surface area contributed by atoms with Gasteiger partial charge < -0.3 is 14.0 Å². The van der Waals surface area contributed by atoms with Crippen LogP contribution in [0.1, 0.15) is 12.8 Å². The monoisotopic (exact) mass is 413 g/mol. The second kappa shape index (κ2) is 7.61. The summed E-state index contributed by atoms with van der Waals surface area (Å²) >= 11 is 1.40. The second-order valence-electron chi connectivity index (χ2n) is 6.50. The molecule has 1 amide bonds. The number of carbonyl (C=O) groups is 1. The van der Waals surface area contributed by atoms with E-state index < -0.39 is 10.0 Å². The molecule has 0 aliphatic carbocycles. The molecule has 1 aliphatic rings. The normalized spacial score (nSPS) is 17.4. The van der Waals surface area contributed by atoms with Gasteiger partial charge in [-0.1, -0.05) is 11.3 Å². The Bertz CT molecular complexity index is 1030. The smallest absolute Gasteiger partial charge is 0.251 e. The van der Waals surface area contributed by atoms with Gasteiger partial charge >= 0.3 is 0 Å². The van der Waals surface area contributed by atoms with Crippen molar-refractivity contribution >= 4 is 37.5 Å². The van der Waals surface area contributed by atoms with Gasteiger partial charge in [-0.3, -0.25) is 4.79 Å². The van der Waals surface area contributed by atoms with E-state index in [-0.39, 0.29) is 11.8 Å². The van der Waals surface area contributed by atoms with Crippen LogP contribution in [0, 0.1) is 5.92 Å². The molecule has 2 heterocycles. The Morgan fingerprint density at radius 1 is 1.19 bits per heavy atom. The summed E-state index contributed by atoms with van der Waals surface area (Å²) in [5, 5.41) is 0. The van der Waals surface area contributed by atoms with Gasteiger partial charge in [0.2, 0.25) is 10.0 Å². The molecule has 8 nitrogen and oxygen atoms in total. The van der Waals surface area contributed by atoms with Crippen molar-refractivity contribution in [3.05, 3.63) is 16.9 Å². The van der Waals surface area contributed by atoms with Gasteiger partial charge in [0.1, 0.15) is 0 Å². The minimum Gasteiger partial charge on any atom is -0.493 e. The first-order valence-corrected chi connectivity index (χ1v) is 11.2. The lowest BCUT2D eigenvalue weighted by Gasteiger charge is -2.28. The summed E-state index contributed by atoms with van der Waals surface area (Å²) < 4.78 is 38.1. The quantitative estimate of drug-likeness (QED) is 0.755. The van der Waals surface area contributed by atoms with E-state index in [1.165, 1.54) is 21.9 Å². The Hall–Kier alpha value is -1.91. The fraction of sp³-hybridized carbons (Fsp3) is 0.529. The van der Waals surface area contributed by atoms with Gasteiger partial charge in [0, 0.05) is 38.2 Å². The van der Waals surface area contributed by atoms with Gasteiger partial charge in [-0.25, -0.2) is 12.7 Å². The fourth-order valence-electron chi connectivity index (χ4n) is 3.18.